The molecule has 204 valence electrons. The molecule has 3 aromatic rings. The number of methoxy groups -OCH3 is 1. The lowest BCUT2D eigenvalue weighted by atomic mass is 9.79. The Hall–Kier alpha value is -4.19. The van der Waals surface area contributed by atoms with Crippen LogP contribution >= 0.6 is 22.6 Å². The molecule has 0 aromatic heterocycles. The molecule has 0 fully saturated rings. The number of rotatable bonds is 8. The van der Waals surface area contributed by atoms with Crippen molar-refractivity contribution >= 4 is 45.7 Å². The molecule has 1 N–H and O–H groups in total. The van der Waals surface area contributed by atoms with E-state index in [1.54, 1.807) is 38.1 Å². The van der Waals surface area contributed by atoms with Crippen LogP contribution in [0.25, 0.3) is 5.70 Å². The molecule has 1 heterocycles. The number of hydrogen-bond donors (Lipinski definition) is 1. The highest BCUT2D eigenvalue weighted by molar-refractivity contribution is 14.1. The monoisotopic (exact) mass is 652 g/mol. The summed E-state index contributed by atoms with van der Waals surface area (Å²) in [5, 5.41) is 14.2. The van der Waals surface area contributed by atoms with E-state index in [1.165, 1.54) is 19.2 Å². The van der Waals surface area contributed by atoms with Crippen LogP contribution in [0.15, 0.2) is 77.5 Å². The number of hydrogen-bond acceptors (Lipinski definition) is 8. The zero-order valence-electron chi connectivity index (χ0n) is 21.9. The van der Waals surface area contributed by atoms with Crippen molar-refractivity contribution in [3.8, 4) is 11.5 Å². The fourth-order valence-electron chi connectivity index (χ4n) is 5.06. The van der Waals surface area contributed by atoms with E-state index in [1.807, 2.05) is 24.3 Å². The number of Topliss-reactive ketones (excluding diaryl/α,β-unsaturated/α-hetero) is 1. The minimum absolute atomic E-state index is 0.000252. The van der Waals surface area contributed by atoms with Crippen LogP contribution in [0.1, 0.15) is 46.8 Å². The van der Waals surface area contributed by atoms with Gasteiger partial charge in [-0.2, -0.15) is 0 Å². The Morgan fingerprint density at radius 1 is 1.10 bits per heavy atom. The number of non-ortho nitro benzene ring substituents is 1. The number of carbonyl (C=O) groups excluding carboxylic acids is 2. The molecule has 0 bridgehead atoms. The Morgan fingerprint density at radius 3 is 2.45 bits per heavy atom. The van der Waals surface area contributed by atoms with Crippen LogP contribution in [0.5, 0.6) is 11.5 Å². The van der Waals surface area contributed by atoms with Gasteiger partial charge in [0.05, 0.1) is 33.5 Å². The fraction of sp³-hybridized carbons (Fsp3) is 0.200. The highest BCUT2D eigenvalue weighted by Crippen LogP contribution is 2.48. The van der Waals surface area contributed by atoms with E-state index in [4.69, 9.17) is 14.2 Å². The third-order valence-electron chi connectivity index (χ3n) is 6.86. The number of dihydropyridines is 1. The molecule has 1 aliphatic carbocycles. The fourth-order valence-corrected chi connectivity index (χ4v) is 5.84. The minimum Gasteiger partial charge on any atom is -0.493 e. The van der Waals surface area contributed by atoms with Crippen LogP contribution in [0.3, 0.4) is 0 Å². The number of ketones is 1. The van der Waals surface area contributed by atoms with Gasteiger partial charge in [-0.3, -0.25) is 14.9 Å². The number of nitrogens with zero attached hydrogens (tertiary/aromatic N) is 1. The van der Waals surface area contributed by atoms with Crippen LogP contribution < -0.4 is 14.8 Å². The zero-order valence-corrected chi connectivity index (χ0v) is 24.1. The third-order valence-corrected chi connectivity index (χ3v) is 7.66. The van der Waals surface area contributed by atoms with Gasteiger partial charge in [0.1, 0.15) is 6.61 Å². The smallest absolute Gasteiger partial charge is 0.336 e. The molecule has 1 atom stereocenters. The number of ether oxygens (including phenoxy) is 3. The van der Waals surface area contributed by atoms with Crippen LogP contribution in [0.2, 0.25) is 0 Å². The van der Waals surface area contributed by atoms with Gasteiger partial charge in [-0.05, 0) is 71.8 Å². The summed E-state index contributed by atoms with van der Waals surface area (Å²) in [6.07, 6.45) is 0. The predicted octanol–water partition coefficient (Wildman–Crippen LogP) is 5.92. The molecule has 0 unspecified atom stereocenters. The van der Waals surface area contributed by atoms with Crippen molar-refractivity contribution in [3.63, 3.8) is 0 Å². The van der Waals surface area contributed by atoms with Gasteiger partial charge in [-0.15, -0.1) is 0 Å². The topological polar surface area (TPSA) is 117 Å². The van der Waals surface area contributed by atoms with Crippen LogP contribution in [-0.4, -0.2) is 30.4 Å². The maximum atomic E-state index is 13.7. The van der Waals surface area contributed by atoms with Crippen molar-refractivity contribution in [3.05, 3.63) is 113 Å². The molecule has 10 heteroatoms. The lowest BCUT2D eigenvalue weighted by Crippen LogP contribution is -2.29. The second-order valence-electron chi connectivity index (χ2n) is 9.23. The average Bonchev–Trinajstić information content (AvgIpc) is 3.22. The third kappa shape index (κ3) is 4.83. The molecule has 0 amide bonds. The SMILES string of the molecule is CCOC(=O)C1=C(C)NC2=C(C(=O)c3ccccc32)[C@H]1c1cc(I)c(OCc2ccc([N+](=O)[O-])cc2)c(OC)c1. The minimum atomic E-state index is -0.693. The number of esters is 1. The van der Waals surface area contributed by atoms with Crippen molar-refractivity contribution in [1.29, 1.82) is 0 Å². The largest absolute Gasteiger partial charge is 0.493 e. The highest BCUT2D eigenvalue weighted by Gasteiger charge is 2.43. The number of carbonyl (C=O) groups is 2. The normalized spacial score (nSPS) is 15.8. The second-order valence-corrected chi connectivity index (χ2v) is 10.4. The number of nitro benzene ring substituents is 1. The molecule has 3 aromatic carbocycles. The van der Waals surface area contributed by atoms with Crippen molar-refractivity contribution in [1.82, 2.24) is 5.32 Å². The van der Waals surface area contributed by atoms with Gasteiger partial charge in [0.2, 0.25) is 0 Å². The average molecular weight is 652 g/mol. The molecule has 5 rings (SSSR count). The molecule has 40 heavy (non-hydrogen) atoms. The Morgan fingerprint density at radius 2 is 1.80 bits per heavy atom. The van der Waals surface area contributed by atoms with Gasteiger partial charge >= 0.3 is 5.97 Å². The molecule has 2 aliphatic rings. The van der Waals surface area contributed by atoms with E-state index in [9.17, 15) is 19.7 Å². The first-order valence-electron chi connectivity index (χ1n) is 12.5. The standard InChI is InChI=1S/C30H25IN2O7/c1-4-39-30(35)24-16(2)32-27-20-7-5-6-8-21(20)28(34)26(27)25(24)18-13-22(31)29(23(14-18)38-3)40-15-17-9-11-19(12-10-17)33(36)37/h5-14,25,32H,4,15H2,1-3H3/t25-/m0/s1. The maximum absolute atomic E-state index is 13.7. The van der Waals surface area contributed by atoms with Gasteiger partial charge in [-0.25, -0.2) is 4.79 Å². The molecule has 9 nitrogen and oxygen atoms in total. The van der Waals surface area contributed by atoms with Crippen molar-refractivity contribution in [2.45, 2.75) is 26.4 Å². The molecular weight excluding hydrogens is 627 g/mol. The first-order valence-corrected chi connectivity index (χ1v) is 13.6. The Balaban J connectivity index is 1.56. The number of halogens is 1. The number of nitro groups is 1. The Kier molecular flexibility index (Phi) is 7.61. The maximum Gasteiger partial charge on any atom is 0.336 e. The van der Waals surface area contributed by atoms with Gasteiger partial charge in [0.25, 0.3) is 5.69 Å². The second kappa shape index (κ2) is 11.1. The summed E-state index contributed by atoms with van der Waals surface area (Å²) >= 11 is 2.14. The van der Waals surface area contributed by atoms with E-state index >= 15 is 0 Å². The van der Waals surface area contributed by atoms with Crippen LogP contribution in [-0.2, 0) is 16.1 Å². The zero-order chi connectivity index (χ0) is 28.6. The van der Waals surface area contributed by atoms with E-state index in [-0.39, 0.29) is 24.7 Å². The lowest BCUT2D eigenvalue weighted by molar-refractivity contribution is -0.384. The van der Waals surface area contributed by atoms with Crippen molar-refractivity contribution in [2.75, 3.05) is 13.7 Å². The molecule has 1 aliphatic heterocycles. The predicted molar refractivity (Wildman–Crippen MR) is 156 cm³/mol. The molecule has 0 radical (unpaired) electrons. The van der Waals surface area contributed by atoms with Gasteiger partial charge in [0, 0.05) is 40.4 Å². The molecular formula is C30H25IN2O7. The number of fused-ring (bicyclic) bond motifs is 2. The molecule has 0 saturated carbocycles. The Labute approximate surface area is 244 Å². The van der Waals surface area contributed by atoms with Crippen molar-refractivity contribution < 1.29 is 28.7 Å². The first-order chi connectivity index (χ1) is 19.2. The molecule has 0 spiro atoms. The van der Waals surface area contributed by atoms with Crippen molar-refractivity contribution in [2.24, 2.45) is 0 Å². The first kappa shape index (κ1) is 27.4. The number of nitrogens with one attached hydrogen (secondary N) is 1. The van der Waals surface area contributed by atoms with E-state index in [2.05, 4.69) is 27.9 Å². The summed E-state index contributed by atoms with van der Waals surface area (Å²) in [4.78, 5) is 37.4. The summed E-state index contributed by atoms with van der Waals surface area (Å²) in [6.45, 7) is 3.90. The van der Waals surface area contributed by atoms with E-state index in [0.29, 0.717) is 48.7 Å². The van der Waals surface area contributed by atoms with Gasteiger partial charge in [0.15, 0.2) is 17.3 Å². The summed E-state index contributed by atoms with van der Waals surface area (Å²) in [5.74, 6) is -0.437. The summed E-state index contributed by atoms with van der Waals surface area (Å²) in [7, 11) is 1.52. The molecule has 0 saturated heterocycles. The Bertz CT molecular complexity index is 1610. The van der Waals surface area contributed by atoms with Gasteiger partial charge in [-0.1, -0.05) is 24.3 Å². The quantitative estimate of drug-likeness (QED) is 0.138. The summed E-state index contributed by atoms with van der Waals surface area (Å²) < 4.78 is 17.9. The summed E-state index contributed by atoms with van der Waals surface area (Å²) in [5.41, 5.74) is 4.93. The van der Waals surface area contributed by atoms with E-state index < -0.39 is 16.8 Å². The highest BCUT2D eigenvalue weighted by atomic mass is 127. The van der Waals surface area contributed by atoms with Crippen LogP contribution in [0, 0.1) is 13.7 Å². The lowest BCUT2D eigenvalue weighted by Gasteiger charge is -2.30. The summed E-state index contributed by atoms with van der Waals surface area (Å²) in [6, 6.07) is 17.1. The number of benzene rings is 3. The number of allylic oxidation sites excluding steroid dienone is 2. The van der Waals surface area contributed by atoms with E-state index in [0.717, 1.165) is 11.1 Å². The van der Waals surface area contributed by atoms with Gasteiger partial charge < -0.3 is 19.5 Å². The van der Waals surface area contributed by atoms with Crippen LogP contribution in [0.4, 0.5) is 5.69 Å².